The van der Waals surface area contributed by atoms with E-state index in [9.17, 15) is 22.4 Å². The van der Waals surface area contributed by atoms with Gasteiger partial charge < -0.3 is 19.1 Å². The summed E-state index contributed by atoms with van der Waals surface area (Å²) in [5.41, 5.74) is 0.0949. The van der Waals surface area contributed by atoms with Crippen molar-refractivity contribution in [3.05, 3.63) is 36.5 Å². The lowest BCUT2D eigenvalue weighted by atomic mass is 10.1. The first-order valence-electron chi connectivity index (χ1n) is 10.5. The number of piperidine rings is 1. The highest BCUT2D eigenvalue weighted by Gasteiger charge is 2.31. The number of ether oxygens (including phenoxy) is 3. The highest BCUT2D eigenvalue weighted by Crippen LogP contribution is 2.29. The molecule has 4 rings (SSSR count). The molecule has 1 aromatic carbocycles. The van der Waals surface area contributed by atoms with Crippen LogP contribution in [0, 0.1) is 5.82 Å². The second-order valence-electron chi connectivity index (χ2n) is 7.87. The first-order valence-corrected chi connectivity index (χ1v) is 10.5. The van der Waals surface area contributed by atoms with Gasteiger partial charge in [-0.2, -0.15) is 5.10 Å². The fraction of sp³-hybridized carbons (Fsp3) is 0.429. The molecule has 1 aliphatic heterocycles. The van der Waals surface area contributed by atoms with Crippen molar-refractivity contribution in [1.29, 1.82) is 0 Å². The number of carbonyl (C=O) groups excluding carboxylic acids is 1. The monoisotopic (exact) mass is 483 g/mol. The lowest BCUT2D eigenvalue weighted by Gasteiger charge is -2.31. The average Bonchev–Trinajstić information content (AvgIpc) is 3.18. The van der Waals surface area contributed by atoms with Crippen molar-refractivity contribution < 1.29 is 36.6 Å². The number of alkyl halides is 3. The Labute approximate surface area is 191 Å². The van der Waals surface area contributed by atoms with Gasteiger partial charge in [0.05, 0.1) is 12.3 Å². The molecule has 1 saturated heterocycles. The van der Waals surface area contributed by atoms with Gasteiger partial charge in [-0.3, -0.25) is 0 Å². The molecule has 182 valence electrons. The lowest BCUT2D eigenvalue weighted by molar-refractivity contribution is -0.274. The van der Waals surface area contributed by atoms with E-state index in [1.54, 1.807) is 18.7 Å². The number of halogens is 4. The molecule has 3 heterocycles. The molecule has 3 aromatic rings. The third kappa shape index (κ3) is 5.29. The van der Waals surface area contributed by atoms with Crippen LogP contribution in [-0.2, 0) is 4.74 Å². The Morgan fingerprint density at radius 3 is 2.56 bits per heavy atom. The zero-order valence-electron chi connectivity index (χ0n) is 18.3. The Kier molecular flexibility index (Phi) is 6.44. The smallest absolute Gasteiger partial charge is 0.474 e. The first kappa shape index (κ1) is 23.5. The van der Waals surface area contributed by atoms with Crippen LogP contribution in [-0.4, -0.2) is 62.4 Å². The molecule has 9 nitrogen and oxygen atoms in total. The molecule has 0 atom stereocenters. The summed E-state index contributed by atoms with van der Waals surface area (Å²) in [6, 6.07) is 2.71. The highest BCUT2D eigenvalue weighted by molar-refractivity contribution is 5.81. The molecule has 2 aromatic heterocycles. The molecule has 0 unspecified atom stereocenters. The quantitative estimate of drug-likeness (QED) is 0.502. The summed E-state index contributed by atoms with van der Waals surface area (Å²) in [6.07, 6.45) is -2.00. The largest absolute Gasteiger partial charge is 0.573 e. The Morgan fingerprint density at radius 2 is 1.91 bits per heavy atom. The zero-order chi connectivity index (χ0) is 24.5. The second-order valence-corrected chi connectivity index (χ2v) is 7.87. The summed E-state index contributed by atoms with van der Waals surface area (Å²) < 4.78 is 67.8. The highest BCUT2D eigenvalue weighted by atomic mass is 19.4. The first-order chi connectivity index (χ1) is 16.1. The Hall–Kier alpha value is -3.64. The molecule has 34 heavy (non-hydrogen) atoms. The molecule has 0 saturated carbocycles. The van der Waals surface area contributed by atoms with E-state index >= 15 is 0 Å². The van der Waals surface area contributed by atoms with Crippen LogP contribution in [0.2, 0.25) is 0 Å². The van der Waals surface area contributed by atoms with Crippen LogP contribution >= 0.6 is 0 Å². The van der Waals surface area contributed by atoms with Crippen LogP contribution in [0.15, 0.2) is 30.7 Å². The third-order valence-corrected chi connectivity index (χ3v) is 5.03. The van der Waals surface area contributed by atoms with Crippen molar-refractivity contribution >= 4 is 17.1 Å². The van der Waals surface area contributed by atoms with E-state index in [1.807, 2.05) is 0 Å². The van der Waals surface area contributed by atoms with E-state index < -0.39 is 17.9 Å². The van der Waals surface area contributed by atoms with Crippen LogP contribution in [0.5, 0.6) is 11.6 Å². The number of likely N-dealkylation sites (tertiary alicyclic amines) is 1. The topological polar surface area (TPSA) is 91.6 Å². The molecule has 0 bridgehead atoms. The number of amides is 1. The predicted molar refractivity (Wildman–Crippen MR) is 110 cm³/mol. The van der Waals surface area contributed by atoms with Gasteiger partial charge in [-0.1, -0.05) is 0 Å². The molecule has 0 spiro atoms. The minimum atomic E-state index is -4.93. The fourth-order valence-electron chi connectivity index (χ4n) is 3.54. The minimum absolute atomic E-state index is 0.119. The van der Waals surface area contributed by atoms with Gasteiger partial charge in [0.2, 0.25) is 5.88 Å². The molecular formula is C21H21F4N5O4. The molecule has 1 aliphatic rings. The van der Waals surface area contributed by atoms with Gasteiger partial charge in [0.25, 0.3) is 0 Å². The Balaban J connectivity index is 1.49. The standard InChI is InChI=1S/C21H21F4N5O4/c1-12(2)32-20(31)29-7-5-13(6-8-29)33-19-15-10-28-30(18(15)26-11-27-19)17-4-3-14(9-16(17)22)34-21(23,24)25/h3-4,9-13H,5-8H2,1-2H3. The van der Waals surface area contributed by atoms with Crippen molar-refractivity contribution in [1.82, 2.24) is 24.6 Å². The van der Waals surface area contributed by atoms with Gasteiger partial charge in [0, 0.05) is 32.0 Å². The van der Waals surface area contributed by atoms with Gasteiger partial charge >= 0.3 is 12.5 Å². The van der Waals surface area contributed by atoms with E-state index in [2.05, 4.69) is 19.8 Å². The molecular weight excluding hydrogens is 462 g/mol. The van der Waals surface area contributed by atoms with E-state index in [0.717, 1.165) is 16.8 Å². The fourth-order valence-corrected chi connectivity index (χ4v) is 3.54. The van der Waals surface area contributed by atoms with Gasteiger partial charge in [0.1, 0.15) is 29.3 Å². The van der Waals surface area contributed by atoms with Crippen LogP contribution in [0.1, 0.15) is 26.7 Å². The summed E-state index contributed by atoms with van der Waals surface area (Å²) >= 11 is 0. The van der Waals surface area contributed by atoms with E-state index in [4.69, 9.17) is 9.47 Å². The Bertz CT molecular complexity index is 1180. The summed E-state index contributed by atoms with van der Waals surface area (Å²) in [4.78, 5) is 21.9. The van der Waals surface area contributed by atoms with Crippen LogP contribution in [0.25, 0.3) is 16.7 Å². The number of aromatic nitrogens is 4. The average molecular weight is 483 g/mol. The summed E-state index contributed by atoms with van der Waals surface area (Å²) in [6.45, 7) is 4.48. The van der Waals surface area contributed by atoms with Gasteiger partial charge in [-0.25, -0.2) is 23.8 Å². The van der Waals surface area contributed by atoms with Gasteiger partial charge in [-0.15, -0.1) is 13.2 Å². The van der Waals surface area contributed by atoms with Crippen LogP contribution in [0.3, 0.4) is 0 Å². The predicted octanol–water partition coefficient (Wildman–Crippen LogP) is 4.24. The molecule has 1 amide bonds. The number of fused-ring (bicyclic) bond motifs is 1. The SMILES string of the molecule is CC(C)OC(=O)N1CCC(Oc2ncnc3c2cnn3-c2ccc(OC(F)(F)F)cc2F)CC1. The number of hydrogen-bond donors (Lipinski definition) is 0. The lowest BCUT2D eigenvalue weighted by Crippen LogP contribution is -2.42. The molecule has 0 radical (unpaired) electrons. The third-order valence-electron chi connectivity index (χ3n) is 5.03. The Morgan fingerprint density at radius 1 is 1.18 bits per heavy atom. The van der Waals surface area contributed by atoms with Crippen molar-refractivity contribution in [2.24, 2.45) is 0 Å². The summed E-state index contributed by atoms with van der Waals surface area (Å²) in [7, 11) is 0. The summed E-state index contributed by atoms with van der Waals surface area (Å²) in [5.74, 6) is -1.43. The second kappa shape index (κ2) is 9.31. The number of hydrogen-bond acceptors (Lipinski definition) is 7. The van der Waals surface area contributed by atoms with E-state index in [-0.39, 0.29) is 35.5 Å². The molecule has 0 N–H and O–H groups in total. The van der Waals surface area contributed by atoms with E-state index in [1.165, 1.54) is 12.5 Å². The maximum Gasteiger partial charge on any atom is 0.573 e. The molecule has 1 fully saturated rings. The normalized spacial score (nSPS) is 15.1. The zero-order valence-corrected chi connectivity index (χ0v) is 18.3. The number of rotatable bonds is 5. The van der Waals surface area contributed by atoms with Crippen LogP contribution in [0.4, 0.5) is 22.4 Å². The van der Waals surface area contributed by atoms with Crippen molar-refractivity contribution in [2.45, 2.75) is 45.3 Å². The maximum absolute atomic E-state index is 14.5. The number of benzene rings is 1. The molecule has 0 aliphatic carbocycles. The van der Waals surface area contributed by atoms with Crippen molar-refractivity contribution in [3.63, 3.8) is 0 Å². The number of nitrogens with zero attached hydrogens (tertiary/aromatic N) is 5. The summed E-state index contributed by atoms with van der Waals surface area (Å²) in [5, 5.41) is 4.51. The molecule has 13 heteroatoms. The van der Waals surface area contributed by atoms with Crippen molar-refractivity contribution in [2.75, 3.05) is 13.1 Å². The maximum atomic E-state index is 14.5. The van der Waals surface area contributed by atoms with Gasteiger partial charge in [-0.05, 0) is 26.0 Å². The minimum Gasteiger partial charge on any atom is -0.474 e. The van der Waals surface area contributed by atoms with Crippen LogP contribution < -0.4 is 9.47 Å². The number of carbonyl (C=O) groups is 1. The van der Waals surface area contributed by atoms with Crippen molar-refractivity contribution in [3.8, 4) is 17.3 Å². The van der Waals surface area contributed by atoms with Gasteiger partial charge in [0.15, 0.2) is 11.5 Å². The van der Waals surface area contributed by atoms with E-state index in [0.29, 0.717) is 37.4 Å².